The van der Waals surface area contributed by atoms with Crippen LogP contribution in [0.1, 0.15) is 48.2 Å². The average Bonchev–Trinajstić information content (AvgIpc) is 2.64. The van der Waals surface area contributed by atoms with E-state index in [1.807, 2.05) is 0 Å². The normalized spacial score (nSPS) is 11.3. The Balaban J connectivity index is 2.90. The number of hydrogen-bond donors (Lipinski definition) is 1. The first-order chi connectivity index (χ1) is 7.26. The summed E-state index contributed by atoms with van der Waals surface area (Å²) in [6.45, 7) is 5.03. The number of nitrogens with zero attached hydrogens (tertiary/aromatic N) is 1. The van der Waals surface area contributed by atoms with Crippen LogP contribution in [0.4, 0.5) is 0 Å². The number of aromatic nitrogens is 1. The van der Waals surface area contributed by atoms with E-state index < -0.39 is 0 Å². The van der Waals surface area contributed by atoms with Gasteiger partial charge in [0.2, 0.25) is 0 Å². The van der Waals surface area contributed by atoms with Crippen molar-refractivity contribution in [2.24, 2.45) is 0 Å². The van der Waals surface area contributed by atoms with E-state index in [1.165, 1.54) is 9.88 Å². The van der Waals surface area contributed by atoms with Crippen LogP contribution in [-0.4, -0.2) is 12.1 Å². The fourth-order valence-electron chi connectivity index (χ4n) is 1.59. The molecule has 2 nitrogen and oxygen atoms in total. The summed E-state index contributed by atoms with van der Waals surface area (Å²) in [6, 6.07) is 0. The topological polar surface area (TPSA) is 22.1 Å². The van der Waals surface area contributed by atoms with E-state index in [2.05, 4.69) is 31.5 Å². The molecular formula is C11H19NOS2. The zero-order valence-electron chi connectivity index (χ0n) is 9.62. The molecule has 0 saturated heterocycles. The molecule has 0 fully saturated rings. The molecule has 15 heavy (non-hydrogen) atoms. The first kappa shape index (κ1) is 13.0. The summed E-state index contributed by atoms with van der Waals surface area (Å²) in [4.78, 5) is 5.91. The van der Waals surface area contributed by atoms with Gasteiger partial charge in [-0.05, 0) is 12.8 Å². The summed E-state index contributed by atoms with van der Waals surface area (Å²) in [5, 5.41) is 1.25. The summed E-state index contributed by atoms with van der Waals surface area (Å²) >= 11 is 6.12. The maximum absolute atomic E-state index is 5.14. The lowest BCUT2D eigenvalue weighted by molar-refractivity contribution is 0.181. The van der Waals surface area contributed by atoms with Crippen molar-refractivity contribution in [2.45, 2.75) is 45.0 Å². The zero-order valence-corrected chi connectivity index (χ0v) is 11.3. The van der Waals surface area contributed by atoms with Gasteiger partial charge in [0.15, 0.2) is 0 Å². The Hall–Kier alpha value is -0.0600. The van der Waals surface area contributed by atoms with Crippen molar-refractivity contribution < 1.29 is 4.74 Å². The molecule has 0 atom stereocenters. The minimum atomic E-state index is 0.597. The quantitative estimate of drug-likeness (QED) is 0.773. The van der Waals surface area contributed by atoms with Crippen LogP contribution in [0.15, 0.2) is 0 Å². The molecule has 4 heteroatoms. The number of methoxy groups -OCH3 is 1. The van der Waals surface area contributed by atoms with Crippen molar-refractivity contribution in [3.05, 3.63) is 15.6 Å². The van der Waals surface area contributed by atoms with Crippen LogP contribution in [0.3, 0.4) is 0 Å². The highest BCUT2D eigenvalue weighted by atomic mass is 32.1. The van der Waals surface area contributed by atoms with E-state index in [0.29, 0.717) is 12.5 Å². The van der Waals surface area contributed by atoms with Gasteiger partial charge in [-0.3, -0.25) is 0 Å². The monoisotopic (exact) mass is 245 g/mol. The summed E-state index contributed by atoms with van der Waals surface area (Å²) in [6.07, 6.45) is 2.31. The van der Waals surface area contributed by atoms with Crippen LogP contribution < -0.4 is 0 Å². The maximum atomic E-state index is 5.14. The van der Waals surface area contributed by atoms with Gasteiger partial charge in [0.25, 0.3) is 0 Å². The SMILES string of the molecule is CCC(CC)c1nc(COC)c(CS)s1. The zero-order chi connectivity index (χ0) is 11.3. The summed E-state index contributed by atoms with van der Waals surface area (Å²) in [5.74, 6) is 1.36. The molecule has 0 bridgehead atoms. The molecule has 0 amide bonds. The Labute approximate surface area is 101 Å². The number of ether oxygens (including phenoxy) is 1. The van der Waals surface area contributed by atoms with Crippen LogP contribution in [0, 0.1) is 0 Å². The second-order valence-electron chi connectivity index (χ2n) is 3.53. The third kappa shape index (κ3) is 3.20. The van der Waals surface area contributed by atoms with Crippen LogP contribution in [-0.2, 0) is 17.1 Å². The number of rotatable bonds is 6. The average molecular weight is 245 g/mol. The van der Waals surface area contributed by atoms with Crippen molar-refractivity contribution in [2.75, 3.05) is 7.11 Å². The predicted molar refractivity (Wildman–Crippen MR) is 68.8 cm³/mol. The van der Waals surface area contributed by atoms with Crippen LogP contribution in [0.25, 0.3) is 0 Å². The van der Waals surface area contributed by atoms with E-state index in [1.54, 1.807) is 18.4 Å². The molecule has 0 aromatic carbocycles. The molecule has 0 saturated carbocycles. The van der Waals surface area contributed by atoms with Crippen molar-refractivity contribution >= 4 is 24.0 Å². The fraction of sp³-hybridized carbons (Fsp3) is 0.727. The van der Waals surface area contributed by atoms with Crippen molar-refractivity contribution in [1.29, 1.82) is 0 Å². The molecule has 86 valence electrons. The highest BCUT2D eigenvalue weighted by molar-refractivity contribution is 7.79. The van der Waals surface area contributed by atoms with Gasteiger partial charge in [0, 0.05) is 23.7 Å². The second-order valence-corrected chi connectivity index (χ2v) is 4.96. The third-order valence-electron chi connectivity index (χ3n) is 2.55. The summed E-state index contributed by atoms with van der Waals surface area (Å²) in [5.41, 5.74) is 1.07. The minimum Gasteiger partial charge on any atom is -0.378 e. The molecule has 1 rings (SSSR count). The first-order valence-electron chi connectivity index (χ1n) is 5.35. The first-order valence-corrected chi connectivity index (χ1v) is 6.79. The molecule has 0 spiro atoms. The molecular weight excluding hydrogens is 226 g/mol. The molecule has 0 radical (unpaired) electrons. The van der Waals surface area contributed by atoms with E-state index in [4.69, 9.17) is 4.74 Å². The lowest BCUT2D eigenvalue weighted by atomic mass is 10.1. The Morgan fingerprint density at radius 1 is 1.40 bits per heavy atom. The highest BCUT2D eigenvalue weighted by Crippen LogP contribution is 2.30. The van der Waals surface area contributed by atoms with E-state index in [-0.39, 0.29) is 0 Å². The molecule has 0 aliphatic rings. The van der Waals surface area contributed by atoms with E-state index >= 15 is 0 Å². The third-order valence-corrected chi connectivity index (χ3v) is 4.34. The van der Waals surface area contributed by atoms with Gasteiger partial charge in [-0.25, -0.2) is 4.98 Å². The fourth-order valence-corrected chi connectivity index (χ4v) is 3.16. The molecule has 1 aromatic heterocycles. The number of hydrogen-bond acceptors (Lipinski definition) is 4. The standard InChI is InChI=1S/C11H19NOS2/c1-4-8(5-2)11-12-9(6-13-3)10(7-14)15-11/h8,14H,4-7H2,1-3H3. The molecule has 0 aliphatic carbocycles. The second kappa shape index (κ2) is 6.51. The lowest BCUT2D eigenvalue weighted by Gasteiger charge is -2.06. The Morgan fingerprint density at radius 2 is 2.07 bits per heavy atom. The van der Waals surface area contributed by atoms with Gasteiger partial charge >= 0.3 is 0 Å². The molecule has 0 N–H and O–H groups in total. The van der Waals surface area contributed by atoms with Gasteiger partial charge < -0.3 is 4.74 Å². The van der Waals surface area contributed by atoms with Crippen LogP contribution >= 0.6 is 24.0 Å². The summed E-state index contributed by atoms with van der Waals surface area (Å²) in [7, 11) is 1.71. The van der Waals surface area contributed by atoms with Crippen molar-refractivity contribution in [3.63, 3.8) is 0 Å². The number of thiol groups is 1. The van der Waals surface area contributed by atoms with Gasteiger partial charge in [-0.1, -0.05) is 13.8 Å². The Bertz CT molecular complexity index is 295. The van der Waals surface area contributed by atoms with Gasteiger partial charge in [0.1, 0.15) is 0 Å². The molecule has 1 aromatic rings. The van der Waals surface area contributed by atoms with Crippen molar-refractivity contribution in [1.82, 2.24) is 4.98 Å². The Morgan fingerprint density at radius 3 is 2.53 bits per heavy atom. The van der Waals surface area contributed by atoms with E-state index in [9.17, 15) is 0 Å². The van der Waals surface area contributed by atoms with Gasteiger partial charge in [-0.15, -0.1) is 11.3 Å². The van der Waals surface area contributed by atoms with E-state index in [0.717, 1.165) is 24.3 Å². The van der Waals surface area contributed by atoms with Gasteiger partial charge in [0.05, 0.1) is 17.3 Å². The molecule has 1 heterocycles. The van der Waals surface area contributed by atoms with Crippen LogP contribution in [0.5, 0.6) is 0 Å². The van der Waals surface area contributed by atoms with Crippen molar-refractivity contribution in [3.8, 4) is 0 Å². The smallest absolute Gasteiger partial charge is 0.0963 e. The Kier molecular flexibility index (Phi) is 5.64. The minimum absolute atomic E-state index is 0.597. The maximum Gasteiger partial charge on any atom is 0.0963 e. The lowest BCUT2D eigenvalue weighted by Crippen LogP contribution is -1.96. The predicted octanol–water partition coefficient (Wildman–Crippen LogP) is 3.62. The molecule has 0 unspecified atom stereocenters. The summed E-state index contributed by atoms with van der Waals surface area (Å²) < 4.78 is 5.14. The highest BCUT2D eigenvalue weighted by Gasteiger charge is 2.15. The van der Waals surface area contributed by atoms with Gasteiger partial charge in [-0.2, -0.15) is 12.6 Å². The largest absolute Gasteiger partial charge is 0.378 e. The van der Waals surface area contributed by atoms with Crippen LogP contribution in [0.2, 0.25) is 0 Å². The molecule has 0 aliphatic heterocycles. The number of thiazole rings is 1.